The van der Waals surface area contributed by atoms with Crippen LogP contribution in [0, 0.1) is 5.92 Å². The second-order valence-electron chi connectivity index (χ2n) is 5.20. The largest absolute Gasteiger partial charge is 0.355 e. The van der Waals surface area contributed by atoms with Gasteiger partial charge in [-0.3, -0.25) is 9.59 Å². The predicted molar refractivity (Wildman–Crippen MR) is 70.9 cm³/mol. The summed E-state index contributed by atoms with van der Waals surface area (Å²) in [6.07, 6.45) is 4.71. The topological polar surface area (TPSA) is 75.4 Å². The molecule has 0 saturated heterocycles. The first-order valence-corrected chi connectivity index (χ1v) is 6.79. The molecule has 2 atom stereocenters. The highest BCUT2D eigenvalue weighted by molar-refractivity contribution is 5.84. The predicted octanol–water partition coefficient (Wildman–Crippen LogP) is 0.489. The Morgan fingerprint density at radius 3 is 2.72 bits per heavy atom. The molecule has 1 saturated carbocycles. The minimum absolute atomic E-state index is 0.0420. The number of carbonyl (C=O) groups excluding carboxylic acids is 2. The quantitative estimate of drug-likeness (QED) is 0.750. The van der Waals surface area contributed by atoms with Crippen LogP contribution in [0.5, 0.6) is 0 Å². The molecule has 0 aromatic carbocycles. The maximum absolute atomic E-state index is 12.0. The van der Waals surface area contributed by atoms with Gasteiger partial charge in [-0.1, -0.05) is 6.42 Å². The highest BCUT2D eigenvalue weighted by Crippen LogP contribution is 2.26. The van der Waals surface area contributed by atoms with Gasteiger partial charge in [0.1, 0.15) is 0 Å². The van der Waals surface area contributed by atoms with Crippen molar-refractivity contribution >= 4 is 11.8 Å². The molecule has 104 valence electrons. The zero-order valence-electron chi connectivity index (χ0n) is 11.4. The van der Waals surface area contributed by atoms with Gasteiger partial charge >= 0.3 is 0 Å². The van der Waals surface area contributed by atoms with Crippen LogP contribution < -0.4 is 11.1 Å². The molecular weight excluding hydrogens is 230 g/mol. The maximum Gasteiger partial charge on any atom is 0.239 e. The summed E-state index contributed by atoms with van der Waals surface area (Å²) in [4.78, 5) is 24.8. The van der Waals surface area contributed by atoms with Gasteiger partial charge in [-0.15, -0.1) is 0 Å². The lowest BCUT2D eigenvalue weighted by Crippen LogP contribution is -2.39. The summed E-state index contributed by atoms with van der Waals surface area (Å²) in [7, 11) is 1.68. The summed E-state index contributed by atoms with van der Waals surface area (Å²) in [6.45, 7) is 2.60. The van der Waals surface area contributed by atoms with Crippen molar-refractivity contribution in [1.82, 2.24) is 10.2 Å². The van der Waals surface area contributed by atoms with Crippen LogP contribution in [0.25, 0.3) is 0 Å². The van der Waals surface area contributed by atoms with E-state index in [1.165, 1.54) is 4.90 Å². The van der Waals surface area contributed by atoms with Crippen molar-refractivity contribution in [2.75, 3.05) is 20.1 Å². The molecule has 1 rings (SSSR count). The second-order valence-corrected chi connectivity index (χ2v) is 5.20. The van der Waals surface area contributed by atoms with E-state index in [2.05, 4.69) is 5.32 Å². The summed E-state index contributed by atoms with van der Waals surface area (Å²) in [5, 5.41) is 2.69. The lowest BCUT2D eigenvalue weighted by molar-refractivity contribution is -0.135. The van der Waals surface area contributed by atoms with Crippen LogP contribution in [0.3, 0.4) is 0 Å². The Morgan fingerprint density at radius 1 is 1.39 bits per heavy atom. The van der Waals surface area contributed by atoms with Crippen molar-refractivity contribution in [2.45, 2.75) is 45.1 Å². The normalized spacial score (nSPS) is 23.5. The minimum atomic E-state index is -0.103. The highest BCUT2D eigenvalue weighted by Gasteiger charge is 2.23. The standard InChI is InChI=1S/C13H25N3O2/c1-3-15-12(17)9-16(2)13(18)8-10-5-4-6-11(14)7-10/h10-11H,3-9,14H2,1-2H3,(H,15,17). The molecule has 18 heavy (non-hydrogen) atoms. The third-order valence-corrected chi connectivity index (χ3v) is 3.47. The van der Waals surface area contributed by atoms with Gasteiger partial charge in [0, 0.05) is 26.1 Å². The Labute approximate surface area is 109 Å². The van der Waals surface area contributed by atoms with E-state index in [1.54, 1.807) is 7.05 Å². The van der Waals surface area contributed by atoms with E-state index < -0.39 is 0 Å². The third kappa shape index (κ3) is 5.04. The molecule has 1 fully saturated rings. The van der Waals surface area contributed by atoms with E-state index in [0.717, 1.165) is 25.7 Å². The van der Waals surface area contributed by atoms with Crippen LogP contribution in [0.15, 0.2) is 0 Å². The molecule has 0 aliphatic heterocycles. The van der Waals surface area contributed by atoms with E-state index in [1.807, 2.05) is 6.92 Å². The van der Waals surface area contributed by atoms with Crippen LogP contribution in [-0.4, -0.2) is 42.9 Å². The Bertz CT molecular complexity index is 294. The molecular formula is C13H25N3O2. The first-order chi connectivity index (χ1) is 8.52. The van der Waals surface area contributed by atoms with Crippen LogP contribution in [-0.2, 0) is 9.59 Å². The van der Waals surface area contributed by atoms with Crippen LogP contribution >= 0.6 is 0 Å². The second kappa shape index (κ2) is 7.36. The molecule has 2 amide bonds. The highest BCUT2D eigenvalue weighted by atomic mass is 16.2. The van der Waals surface area contributed by atoms with Gasteiger partial charge in [0.2, 0.25) is 11.8 Å². The van der Waals surface area contributed by atoms with Gasteiger partial charge in [0.05, 0.1) is 6.54 Å². The number of hydrogen-bond donors (Lipinski definition) is 2. The van der Waals surface area contributed by atoms with Crippen molar-refractivity contribution < 1.29 is 9.59 Å². The fraction of sp³-hybridized carbons (Fsp3) is 0.846. The SMILES string of the molecule is CCNC(=O)CN(C)C(=O)CC1CCCC(N)C1. The number of nitrogens with zero attached hydrogens (tertiary/aromatic N) is 1. The first kappa shape index (κ1) is 15.0. The number of nitrogens with one attached hydrogen (secondary N) is 1. The third-order valence-electron chi connectivity index (χ3n) is 3.47. The average molecular weight is 255 g/mol. The molecule has 3 N–H and O–H groups in total. The molecule has 1 aliphatic rings. The van der Waals surface area contributed by atoms with Gasteiger partial charge in [-0.25, -0.2) is 0 Å². The molecule has 0 spiro atoms. The molecule has 0 heterocycles. The molecule has 1 aliphatic carbocycles. The zero-order valence-corrected chi connectivity index (χ0v) is 11.4. The Kier molecular flexibility index (Phi) is 6.12. The fourth-order valence-corrected chi connectivity index (χ4v) is 2.48. The number of hydrogen-bond acceptors (Lipinski definition) is 3. The summed E-state index contributed by atoms with van der Waals surface area (Å²) >= 11 is 0. The lowest BCUT2D eigenvalue weighted by Gasteiger charge is -2.27. The molecule has 2 unspecified atom stereocenters. The smallest absolute Gasteiger partial charge is 0.239 e. The van der Waals surface area contributed by atoms with Crippen LogP contribution in [0.1, 0.15) is 39.0 Å². The lowest BCUT2D eigenvalue weighted by atomic mass is 9.84. The number of rotatable bonds is 5. The molecule has 5 nitrogen and oxygen atoms in total. The summed E-state index contributed by atoms with van der Waals surface area (Å²) in [5.41, 5.74) is 5.91. The number of likely N-dealkylation sites (N-methyl/N-ethyl adjacent to an activating group) is 2. The maximum atomic E-state index is 12.0. The molecule has 0 aromatic rings. The summed E-state index contributed by atoms with van der Waals surface area (Å²) in [6, 6.07) is 0.241. The van der Waals surface area contributed by atoms with Gasteiger partial charge in [0.25, 0.3) is 0 Å². The number of carbonyl (C=O) groups is 2. The molecule has 0 bridgehead atoms. The van der Waals surface area contributed by atoms with Gasteiger partial charge < -0.3 is 16.0 Å². The number of nitrogens with two attached hydrogens (primary N) is 1. The van der Waals surface area contributed by atoms with Crippen molar-refractivity contribution in [3.8, 4) is 0 Å². The van der Waals surface area contributed by atoms with Crippen LogP contribution in [0.2, 0.25) is 0 Å². The Morgan fingerprint density at radius 2 is 2.11 bits per heavy atom. The first-order valence-electron chi connectivity index (χ1n) is 6.79. The minimum Gasteiger partial charge on any atom is -0.355 e. The van der Waals surface area contributed by atoms with Crippen molar-refractivity contribution in [1.29, 1.82) is 0 Å². The van der Waals surface area contributed by atoms with E-state index in [4.69, 9.17) is 5.73 Å². The summed E-state index contributed by atoms with van der Waals surface area (Å²) in [5.74, 6) is 0.326. The van der Waals surface area contributed by atoms with Crippen molar-refractivity contribution in [3.05, 3.63) is 0 Å². The summed E-state index contributed by atoms with van der Waals surface area (Å²) < 4.78 is 0. The van der Waals surface area contributed by atoms with Gasteiger partial charge in [-0.05, 0) is 32.1 Å². The Balaban J connectivity index is 2.32. The molecule has 0 aromatic heterocycles. The van der Waals surface area contributed by atoms with E-state index in [9.17, 15) is 9.59 Å². The van der Waals surface area contributed by atoms with E-state index >= 15 is 0 Å². The van der Waals surface area contributed by atoms with Gasteiger partial charge in [-0.2, -0.15) is 0 Å². The molecule has 5 heteroatoms. The van der Waals surface area contributed by atoms with Gasteiger partial charge in [0.15, 0.2) is 0 Å². The zero-order chi connectivity index (χ0) is 13.5. The Hall–Kier alpha value is -1.10. The monoisotopic (exact) mass is 255 g/mol. The van der Waals surface area contributed by atoms with Crippen LogP contribution in [0.4, 0.5) is 0 Å². The van der Waals surface area contributed by atoms with E-state index in [0.29, 0.717) is 18.9 Å². The average Bonchev–Trinajstić information content (AvgIpc) is 2.29. The fourth-order valence-electron chi connectivity index (χ4n) is 2.48. The molecule has 0 radical (unpaired) electrons. The van der Waals surface area contributed by atoms with Crippen molar-refractivity contribution in [3.63, 3.8) is 0 Å². The van der Waals surface area contributed by atoms with E-state index in [-0.39, 0.29) is 24.4 Å². The number of amides is 2. The van der Waals surface area contributed by atoms with Crippen molar-refractivity contribution in [2.24, 2.45) is 11.7 Å².